The molecule has 7 nitrogen and oxygen atoms in total. The van der Waals surface area contributed by atoms with Gasteiger partial charge in [0.2, 0.25) is 0 Å². The minimum atomic E-state index is -1.14. The van der Waals surface area contributed by atoms with E-state index in [1.807, 2.05) is 6.92 Å². The molecule has 3 rings (SSSR count). The first kappa shape index (κ1) is 21.0. The molecule has 0 radical (unpaired) electrons. The van der Waals surface area contributed by atoms with E-state index in [-0.39, 0.29) is 23.2 Å². The largest absolute Gasteiger partial charge is 0.458 e. The van der Waals surface area contributed by atoms with E-state index in [2.05, 4.69) is 6.58 Å². The van der Waals surface area contributed by atoms with Crippen LogP contribution in [0.2, 0.25) is 0 Å². The SMILES string of the molecule is C=C1C(=O)O[C@@H]2[C@H](C)[C@H]3C=CC(=O)[C@]3(C)[C@@H](OC(=O)/C(C)=C\C)[C@@H]1[C@@H]2OC(C)=O. The molecule has 0 aromatic heterocycles. The lowest BCUT2D eigenvalue weighted by atomic mass is 9.67. The van der Waals surface area contributed by atoms with Crippen LogP contribution in [0.25, 0.3) is 0 Å². The number of ketones is 1. The molecule has 0 unspecified atom stereocenters. The first-order chi connectivity index (χ1) is 13.5. The first-order valence-corrected chi connectivity index (χ1v) is 9.67. The first-order valence-electron chi connectivity index (χ1n) is 9.67. The molecular weight excluding hydrogens is 376 g/mol. The normalized spacial score (nSPS) is 38.8. The topological polar surface area (TPSA) is 96.0 Å². The molecule has 1 saturated heterocycles. The summed E-state index contributed by atoms with van der Waals surface area (Å²) in [6, 6.07) is 0. The van der Waals surface area contributed by atoms with Crippen LogP contribution in [0.3, 0.4) is 0 Å². The minimum Gasteiger partial charge on any atom is -0.458 e. The van der Waals surface area contributed by atoms with Crippen molar-refractivity contribution >= 4 is 23.7 Å². The second-order valence-electron chi connectivity index (χ2n) is 8.18. The molecule has 7 atom stereocenters. The van der Waals surface area contributed by atoms with E-state index in [1.165, 1.54) is 13.0 Å². The van der Waals surface area contributed by atoms with Gasteiger partial charge in [0.05, 0.1) is 11.3 Å². The molecule has 29 heavy (non-hydrogen) atoms. The minimum absolute atomic E-state index is 0.0252. The number of carbonyl (C=O) groups is 4. The van der Waals surface area contributed by atoms with Crippen molar-refractivity contribution in [1.82, 2.24) is 0 Å². The summed E-state index contributed by atoms with van der Waals surface area (Å²) in [5, 5.41) is 0. The Bertz CT molecular complexity index is 851. The fourth-order valence-corrected chi connectivity index (χ4v) is 4.78. The molecule has 0 aromatic rings. The molecule has 7 heteroatoms. The van der Waals surface area contributed by atoms with Crippen LogP contribution in [0.4, 0.5) is 0 Å². The quantitative estimate of drug-likeness (QED) is 0.406. The van der Waals surface area contributed by atoms with Gasteiger partial charge in [-0.1, -0.05) is 25.7 Å². The van der Waals surface area contributed by atoms with Crippen molar-refractivity contribution in [3.05, 3.63) is 36.0 Å². The summed E-state index contributed by atoms with van der Waals surface area (Å²) in [7, 11) is 0. The Morgan fingerprint density at radius 1 is 1.24 bits per heavy atom. The standard InChI is InChI=1S/C22H26O7/c1-7-10(2)20(25)29-19-16-12(4)21(26)28-17(18(16)27-13(5)23)11(3)14-8-9-15(24)22(14,19)6/h7-9,11,14,16-19H,4H2,1-3,5-6H3/b10-7-/t11-,14-,16+,17-,18+,19+,22-/m1/s1. The van der Waals surface area contributed by atoms with Gasteiger partial charge in [0, 0.05) is 24.0 Å². The number of carbonyl (C=O) groups excluding carboxylic acids is 4. The number of ether oxygens (including phenoxy) is 3. The van der Waals surface area contributed by atoms with Gasteiger partial charge in [-0.3, -0.25) is 9.59 Å². The Morgan fingerprint density at radius 2 is 1.90 bits per heavy atom. The van der Waals surface area contributed by atoms with E-state index in [4.69, 9.17) is 14.2 Å². The van der Waals surface area contributed by atoms with Crippen molar-refractivity contribution in [2.45, 2.75) is 52.9 Å². The van der Waals surface area contributed by atoms with Gasteiger partial charge in [-0.25, -0.2) is 9.59 Å². The zero-order valence-corrected chi connectivity index (χ0v) is 17.3. The van der Waals surface area contributed by atoms with Gasteiger partial charge in [0.1, 0.15) is 18.3 Å². The zero-order chi connectivity index (χ0) is 21.7. The predicted molar refractivity (Wildman–Crippen MR) is 102 cm³/mol. The van der Waals surface area contributed by atoms with Crippen molar-refractivity contribution in [2.75, 3.05) is 0 Å². The molecule has 0 aromatic carbocycles. The average molecular weight is 402 g/mol. The van der Waals surface area contributed by atoms with Crippen LogP contribution >= 0.6 is 0 Å². The molecule has 3 aliphatic rings. The molecule has 2 aliphatic carbocycles. The number of allylic oxidation sites excluding steroid dienone is 3. The van der Waals surface area contributed by atoms with Gasteiger partial charge in [-0.15, -0.1) is 0 Å². The molecule has 2 bridgehead atoms. The Labute approximate surface area is 169 Å². The summed E-state index contributed by atoms with van der Waals surface area (Å²) in [5.74, 6) is -3.62. The summed E-state index contributed by atoms with van der Waals surface area (Å²) in [4.78, 5) is 50.1. The van der Waals surface area contributed by atoms with Crippen LogP contribution in [-0.4, -0.2) is 42.0 Å². The van der Waals surface area contributed by atoms with Gasteiger partial charge in [0.25, 0.3) is 0 Å². The molecule has 1 heterocycles. The van der Waals surface area contributed by atoms with E-state index >= 15 is 0 Å². The monoisotopic (exact) mass is 402 g/mol. The van der Waals surface area contributed by atoms with Crippen LogP contribution in [0.1, 0.15) is 34.6 Å². The predicted octanol–water partition coefficient (Wildman–Crippen LogP) is 2.31. The molecular formula is C22H26O7. The lowest BCUT2D eigenvalue weighted by Crippen LogP contribution is -2.54. The highest BCUT2D eigenvalue weighted by Crippen LogP contribution is 2.55. The summed E-state index contributed by atoms with van der Waals surface area (Å²) in [6.45, 7) is 12.0. The number of hydrogen-bond acceptors (Lipinski definition) is 7. The second kappa shape index (κ2) is 7.28. The van der Waals surface area contributed by atoms with E-state index in [1.54, 1.807) is 32.9 Å². The summed E-state index contributed by atoms with van der Waals surface area (Å²) < 4.78 is 17.0. The van der Waals surface area contributed by atoms with E-state index in [0.29, 0.717) is 5.57 Å². The van der Waals surface area contributed by atoms with Gasteiger partial charge in [0.15, 0.2) is 5.78 Å². The fourth-order valence-electron chi connectivity index (χ4n) is 4.78. The molecule has 0 spiro atoms. The van der Waals surface area contributed by atoms with Gasteiger partial charge in [-0.05, 0) is 32.8 Å². The van der Waals surface area contributed by atoms with E-state index in [0.717, 1.165) is 0 Å². The summed E-state index contributed by atoms with van der Waals surface area (Å²) >= 11 is 0. The number of rotatable bonds is 3. The summed E-state index contributed by atoms with van der Waals surface area (Å²) in [6.07, 6.45) is 2.12. The molecule has 156 valence electrons. The van der Waals surface area contributed by atoms with Crippen LogP contribution in [-0.2, 0) is 33.4 Å². The Balaban J connectivity index is 2.20. The lowest BCUT2D eigenvalue weighted by Gasteiger charge is -2.42. The Morgan fingerprint density at radius 3 is 2.48 bits per heavy atom. The molecule has 2 fully saturated rings. The highest BCUT2D eigenvalue weighted by Gasteiger charge is 2.65. The second-order valence-corrected chi connectivity index (χ2v) is 8.18. The van der Waals surface area contributed by atoms with Crippen molar-refractivity contribution in [1.29, 1.82) is 0 Å². The third-order valence-electron chi connectivity index (χ3n) is 6.56. The lowest BCUT2D eigenvalue weighted by molar-refractivity contribution is -0.187. The highest BCUT2D eigenvalue weighted by atomic mass is 16.6. The summed E-state index contributed by atoms with van der Waals surface area (Å²) in [5.41, 5.74) is -0.750. The third-order valence-corrected chi connectivity index (χ3v) is 6.56. The third kappa shape index (κ3) is 3.12. The van der Waals surface area contributed by atoms with Crippen molar-refractivity contribution in [3.8, 4) is 0 Å². The van der Waals surface area contributed by atoms with Crippen LogP contribution in [0.15, 0.2) is 36.0 Å². The maximum absolute atomic E-state index is 13.0. The van der Waals surface area contributed by atoms with Gasteiger partial charge in [-0.2, -0.15) is 0 Å². The van der Waals surface area contributed by atoms with Crippen LogP contribution in [0.5, 0.6) is 0 Å². The van der Waals surface area contributed by atoms with Crippen molar-refractivity contribution in [3.63, 3.8) is 0 Å². The van der Waals surface area contributed by atoms with E-state index < -0.39 is 47.6 Å². The molecule has 1 saturated carbocycles. The smallest absolute Gasteiger partial charge is 0.334 e. The molecule has 0 N–H and O–H groups in total. The number of hydrogen-bond donors (Lipinski definition) is 0. The Kier molecular flexibility index (Phi) is 5.28. The van der Waals surface area contributed by atoms with Crippen LogP contribution in [0, 0.1) is 23.2 Å². The highest BCUT2D eigenvalue weighted by molar-refractivity contribution is 5.99. The maximum Gasteiger partial charge on any atom is 0.334 e. The Hall–Kier alpha value is -2.70. The van der Waals surface area contributed by atoms with Gasteiger partial charge >= 0.3 is 17.9 Å². The molecule has 1 aliphatic heterocycles. The van der Waals surface area contributed by atoms with Crippen molar-refractivity contribution < 1.29 is 33.4 Å². The van der Waals surface area contributed by atoms with Crippen LogP contribution < -0.4 is 0 Å². The zero-order valence-electron chi connectivity index (χ0n) is 17.3. The van der Waals surface area contributed by atoms with Crippen molar-refractivity contribution in [2.24, 2.45) is 23.2 Å². The maximum atomic E-state index is 13.0. The molecule has 0 amide bonds. The fraction of sp³-hybridized carbons (Fsp3) is 0.545. The number of esters is 3. The average Bonchev–Trinajstić information content (AvgIpc) is 2.94. The van der Waals surface area contributed by atoms with Gasteiger partial charge < -0.3 is 14.2 Å². The number of fused-ring (bicyclic) bond motifs is 3. The van der Waals surface area contributed by atoms with E-state index in [9.17, 15) is 19.2 Å².